The Morgan fingerprint density at radius 1 is 1.00 bits per heavy atom. The lowest BCUT2D eigenvalue weighted by atomic mass is 10.1. The van der Waals surface area contributed by atoms with Gasteiger partial charge in [0.2, 0.25) is 0 Å². The second-order valence-corrected chi connectivity index (χ2v) is 5.73. The summed E-state index contributed by atoms with van der Waals surface area (Å²) in [6.07, 6.45) is 0.544. The fourth-order valence-corrected chi connectivity index (χ4v) is 2.49. The van der Waals surface area contributed by atoms with E-state index < -0.39 is 11.8 Å². The van der Waals surface area contributed by atoms with Gasteiger partial charge in [-0.05, 0) is 49.2 Å². The van der Waals surface area contributed by atoms with Crippen LogP contribution in [0.5, 0.6) is 0 Å². The maximum Gasteiger partial charge on any atom is 0.307 e. The molecule has 0 aliphatic rings. The highest BCUT2D eigenvalue weighted by molar-refractivity contribution is 5.94. The van der Waals surface area contributed by atoms with E-state index in [4.69, 9.17) is 4.74 Å². The van der Waals surface area contributed by atoms with Gasteiger partial charge in [-0.1, -0.05) is 18.2 Å². The Bertz CT molecular complexity index is 747. The summed E-state index contributed by atoms with van der Waals surface area (Å²) in [4.78, 5) is 25.8. The summed E-state index contributed by atoms with van der Waals surface area (Å²) in [6.45, 7) is 2.46. The highest BCUT2D eigenvalue weighted by Gasteiger charge is 2.18. The van der Waals surface area contributed by atoms with E-state index in [2.05, 4.69) is 0 Å². The summed E-state index contributed by atoms with van der Waals surface area (Å²) in [5, 5.41) is 0. The van der Waals surface area contributed by atoms with Crippen LogP contribution >= 0.6 is 0 Å². The van der Waals surface area contributed by atoms with Crippen molar-refractivity contribution in [1.29, 1.82) is 0 Å². The van der Waals surface area contributed by atoms with Crippen LogP contribution in [0.2, 0.25) is 0 Å². The number of ether oxygens (including phenoxy) is 1. The Balaban J connectivity index is 2.08. The Morgan fingerprint density at radius 3 is 2.38 bits per heavy atom. The van der Waals surface area contributed by atoms with Gasteiger partial charge in [-0.15, -0.1) is 0 Å². The number of nitrogens with zero attached hydrogens (tertiary/aromatic N) is 1. The zero-order valence-electron chi connectivity index (χ0n) is 14.6. The minimum atomic E-state index is -0.500. The molecule has 0 aliphatic carbocycles. The van der Waals surface area contributed by atoms with E-state index in [1.165, 1.54) is 35.2 Å². The molecular formula is C20H21F2NO3. The normalized spacial score (nSPS) is 10.4. The van der Waals surface area contributed by atoms with Gasteiger partial charge in [0.1, 0.15) is 11.6 Å². The third-order valence-electron chi connectivity index (χ3n) is 3.83. The van der Waals surface area contributed by atoms with Crippen molar-refractivity contribution in [3.8, 4) is 0 Å². The van der Waals surface area contributed by atoms with E-state index in [9.17, 15) is 18.4 Å². The van der Waals surface area contributed by atoms with Crippen molar-refractivity contribution in [3.05, 3.63) is 71.3 Å². The molecule has 6 heteroatoms. The SMILES string of the molecule is CCOC(=O)CCN(CCc1ccc(F)cc1)C(=O)c1cccc(F)c1. The molecule has 0 spiro atoms. The van der Waals surface area contributed by atoms with Crippen molar-refractivity contribution in [1.82, 2.24) is 4.90 Å². The van der Waals surface area contributed by atoms with E-state index in [0.29, 0.717) is 13.0 Å². The van der Waals surface area contributed by atoms with Gasteiger partial charge in [0, 0.05) is 18.7 Å². The average molecular weight is 361 g/mol. The number of halogens is 2. The summed E-state index contributed by atoms with van der Waals surface area (Å²) in [7, 11) is 0. The van der Waals surface area contributed by atoms with E-state index >= 15 is 0 Å². The number of esters is 1. The number of carbonyl (C=O) groups is 2. The molecule has 0 bridgehead atoms. The van der Waals surface area contributed by atoms with Crippen LogP contribution in [0.3, 0.4) is 0 Å². The molecule has 1 amide bonds. The third kappa shape index (κ3) is 5.95. The van der Waals surface area contributed by atoms with Crippen LogP contribution in [0, 0.1) is 11.6 Å². The van der Waals surface area contributed by atoms with Crippen molar-refractivity contribution in [2.45, 2.75) is 19.8 Å². The maximum atomic E-state index is 13.4. The molecule has 0 saturated carbocycles. The van der Waals surface area contributed by atoms with Crippen molar-refractivity contribution in [2.75, 3.05) is 19.7 Å². The van der Waals surface area contributed by atoms with Crippen LogP contribution in [0.1, 0.15) is 29.3 Å². The Labute approximate surface area is 151 Å². The van der Waals surface area contributed by atoms with Gasteiger partial charge in [0.25, 0.3) is 5.91 Å². The van der Waals surface area contributed by atoms with E-state index in [-0.39, 0.29) is 36.9 Å². The molecule has 0 heterocycles. The highest BCUT2D eigenvalue weighted by Crippen LogP contribution is 2.11. The Hall–Kier alpha value is -2.76. The van der Waals surface area contributed by atoms with Crippen LogP contribution in [0.4, 0.5) is 8.78 Å². The van der Waals surface area contributed by atoms with Crippen LogP contribution < -0.4 is 0 Å². The number of benzene rings is 2. The number of carbonyl (C=O) groups excluding carboxylic acids is 2. The Morgan fingerprint density at radius 2 is 1.73 bits per heavy atom. The standard InChI is InChI=1S/C20H21F2NO3/c1-2-26-19(24)11-13-23(12-10-15-6-8-17(21)9-7-15)20(25)16-4-3-5-18(22)14-16/h3-9,14H,2,10-13H2,1H3. The molecule has 2 aromatic rings. The average Bonchev–Trinajstić information content (AvgIpc) is 2.63. The lowest BCUT2D eigenvalue weighted by Gasteiger charge is -2.22. The molecule has 138 valence electrons. The monoisotopic (exact) mass is 361 g/mol. The van der Waals surface area contributed by atoms with Gasteiger partial charge < -0.3 is 9.64 Å². The Kier molecular flexibility index (Phi) is 7.26. The minimum Gasteiger partial charge on any atom is -0.466 e. The highest BCUT2D eigenvalue weighted by atomic mass is 19.1. The number of rotatable bonds is 8. The van der Waals surface area contributed by atoms with E-state index in [0.717, 1.165) is 11.6 Å². The first-order valence-electron chi connectivity index (χ1n) is 8.44. The molecule has 4 nitrogen and oxygen atoms in total. The molecule has 2 aromatic carbocycles. The number of amides is 1. The van der Waals surface area contributed by atoms with Crippen molar-refractivity contribution < 1.29 is 23.1 Å². The molecule has 0 atom stereocenters. The second kappa shape index (κ2) is 9.65. The summed E-state index contributed by atoms with van der Waals surface area (Å²) in [5.41, 5.74) is 1.08. The summed E-state index contributed by atoms with van der Waals surface area (Å²) in [5.74, 6) is -1.59. The van der Waals surface area contributed by atoms with Crippen LogP contribution in [-0.2, 0) is 16.0 Å². The minimum absolute atomic E-state index is 0.0539. The van der Waals surface area contributed by atoms with Crippen LogP contribution in [0.15, 0.2) is 48.5 Å². The fraction of sp³-hybridized carbons (Fsp3) is 0.300. The van der Waals surface area contributed by atoms with Crippen LogP contribution in [0.25, 0.3) is 0 Å². The summed E-state index contributed by atoms with van der Waals surface area (Å²) in [6, 6.07) is 11.4. The second-order valence-electron chi connectivity index (χ2n) is 5.73. The van der Waals surface area contributed by atoms with Crippen molar-refractivity contribution >= 4 is 11.9 Å². The van der Waals surface area contributed by atoms with Crippen molar-refractivity contribution in [2.24, 2.45) is 0 Å². The van der Waals surface area contributed by atoms with Gasteiger partial charge in [-0.2, -0.15) is 0 Å². The third-order valence-corrected chi connectivity index (χ3v) is 3.83. The first-order chi connectivity index (χ1) is 12.5. The number of hydrogen-bond donors (Lipinski definition) is 0. The molecular weight excluding hydrogens is 340 g/mol. The van der Waals surface area contributed by atoms with Crippen molar-refractivity contribution in [3.63, 3.8) is 0 Å². The lowest BCUT2D eigenvalue weighted by molar-refractivity contribution is -0.143. The smallest absolute Gasteiger partial charge is 0.307 e. The lowest BCUT2D eigenvalue weighted by Crippen LogP contribution is -2.35. The van der Waals surface area contributed by atoms with Gasteiger partial charge in [0.15, 0.2) is 0 Å². The summed E-state index contributed by atoms with van der Waals surface area (Å²) >= 11 is 0. The maximum absolute atomic E-state index is 13.4. The zero-order valence-corrected chi connectivity index (χ0v) is 14.6. The molecule has 26 heavy (non-hydrogen) atoms. The largest absolute Gasteiger partial charge is 0.466 e. The van der Waals surface area contributed by atoms with Gasteiger partial charge in [-0.3, -0.25) is 9.59 Å². The van der Waals surface area contributed by atoms with Gasteiger partial charge >= 0.3 is 5.97 Å². The molecule has 0 unspecified atom stereocenters. The van der Waals surface area contributed by atoms with E-state index in [1.54, 1.807) is 19.1 Å². The molecule has 0 aromatic heterocycles. The molecule has 0 saturated heterocycles. The quantitative estimate of drug-likeness (QED) is 0.675. The molecule has 0 fully saturated rings. The van der Waals surface area contributed by atoms with Crippen LogP contribution in [-0.4, -0.2) is 36.5 Å². The first-order valence-corrected chi connectivity index (χ1v) is 8.44. The fourth-order valence-electron chi connectivity index (χ4n) is 2.49. The molecule has 0 radical (unpaired) electrons. The predicted octanol–water partition coefficient (Wildman–Crippen LogP) is 3.60. The van der Waals surface area contributed by atoms with Gasteiger partial charge in [0.05, 0.1) is 13.0 Å². The topological polar surface area (TPSA) is 46.6 Å². The zero-order chi connectivity index (χ0) is 18.9. The van der Waals surface area contributed by atoms with E-state index in [1.807, 2.05) is 0 Å². The molecule has 0 aliphatic heterocycles. The first kappa shape index (κ1) is 19.6. The predicted molar refractivity (Wildman–Crippen MR) is 93.7 cm³/mol. The van der Waals surface area contributed by atoms with Gasteiger partial charge in [-0.25, -0.2) is 8.78 Å². The molecule has 0 N–H and O–H groups in total. The summed E-state index contributed by atoms with van der Waals surface area (Å²) < 4.78 is 31.3. The number of hydrogen-bond acceptors (Lipinski definition) is 3. The molecule has 2 rings (SSSR count).